The lowest BCUT2D eigenvalue weighted by molar-refractivity contribution is -0.138. The molecule has 7 nitrogen and oxygen atoms in total. The third kappa shape index (κ3) is 3.92. The Labute approximate surface area is 156 Å². The summed E-state index contributed by atoms with van der Waals surface area (Å²) in [5.41, 5.74) is 1.73. The van der Waals surface area contributed by atoms with E-state index in [4.69, 9.17) is 9.84 Å². The number of aliphatic carboxylic acids is 1. The Hall–Kier alpha value is -3.35. The molecule has 0 spiro atoms. The SMILES string of the molecule is CC1Oc2ccccc2N(CC(=O)Nc2ccc(C(C)C(=O)O)cc2)C1=O. The van der Waals surface area contributed by atoms with E-state index < -0.39 is 18.0 Å². The van der Waals surface area contributed by atoms with Crippen LogP contribution in [0.3, 0.4) is 0 Å². The fourth-order valence-electron chi connectivity index (χ4n) is 2.86. The molecule has 1 aliphatic rings. The Morgan fingerprint density at radius 3 is 2.52 bits per heavy atom. The summed E-state index contributed by atoms with van der Waals surface area (Å²) in [6, 6.07) is 13.7. The molecule has 0 radical (unpaired) electrons. The molecule has 1 aliphatic heterocycles. The Kier molecular flexibility index (Phi) is 5.12. The zero-order valence-corrected chi connectivity index (χ0v) is 15.0. The van der Waals surface area contributed by atoms with E-state index in [1.165, 1.54) is 4.90 Å². The van der Waals surface area contributed by atoms with Crippen LogP contribution in [0, 0.1) is 0 Å². The van der Waals surface area contributed by atoms with E-state index >= 15 is 0 Å². The molecule has 140 valence electrons. The molecule has 1 heterocycles. The number of rotatable bonds is 5. The molecule has 2 aromatic carbocycles. The van der Waals surface area contributed by atoms with Crippen LogP contribution in [-0.2, 0) is 14.4 Å². The van der Waals surface area contributed by atoms with Gasteiger partial charge in [-0.1, -0.05) is 24.3 Å². The van der Waals surface area contributed by atoms with Crippen LogP contribution in [0.25, 0.3) is 0 Å². The lowest BCUT2D eigenvalue weighted by atomic mass is 10.0. The van der Waals surface area contributed by atoms with Crippen LogP contribution in [0.15, 0.2) is 48.5 Å². The first-order valence-corrected chi connectivity index (χ1v) is 8.56. The van der Waals surface area contributed by atoms with Crippen LogP contribution >= 0.6 is 0 Å². The molecule has 0 aliphatic carbocycles. The zero-order valence-electron chi connectivity index (χ0n) is 15.0. The summed E-state index contributed by atoms with van der Waals surface area (Å²) in [6.07, 6.45) is -0.663. The van der Waals surface area contributed by atoms with Gasteiger partial charge in [-0.15, -0.1) is 0 Å². The van der Waals surface area contributed by atoms with Crippen molar-refractivity contribution in [2.75, 3.05) is 16.8 Å². The van der Waals surface area contributed by atoms with Crippen LogP contribution in [0.2, 0.25) is 0 Å². The number of ether oxygens (including phenoxy) is 1. The Bertz CT molecular complexity index is 878. The number of amides is 2. The first-order chi connectivity index (χ1) is 12.9. The molecule has 0 fully saturated rings. The number of anilines is 2. The zero-order chi connectivity index (χ0) is 19.6. The predicted octanol–water partition coefficient (Wildman–Crippen LogP) is 2.63. The minimum absolute atomic E-state index is 0.142. The molecule has 7 heteroatoms. The monoisotopic (exact) mass is 368 g/mol. The van der Waals surface area contributed by atoms with E-state index in [2.05, 4.69) is 5.32 Å². The van der Waals surface area contributed by atoms with E-state index in [1.807, 2.05) is 0 Å². The van der Waals surface area contributed by atoms with Crippen molar-refractivity contribution < 1.29 is 24.2 Å². The maximum absolute atomic E-state index is 12.4. The predicted molar refractivity (Wildman–Crippen MR) is 100 cm³/mol. The molecule has 2 N–H and O–H groups in total. The summed E-state index contributed by atoms with van der Waals surface area (Å²) >= 11 is 0. The number of nitrogens with zero attached hydrogens (tertiary/aromatic N) is 1. The topological polar surface area (TPSA) is 95.9 Å². The van der Waals surface area contributed by atoms with Crippen molar-refractivity contribution in [3.05, 3.63) is 54.1 Å². The quantitative estimate of drug-likeness (QED) is 0.846. The second-order valence-electron chi connectivity index (χ2n) is 6.38. The summed E-state index contributed by atoms with van der Waals surface area (Å²) in [6.45, 7) is 3.10. The van der Waals surface area contributed by atoms with Crippen LogP contribution < -0.4 is 15.0 Å². The summed E-state index contributed by atoms with van der Waals surface area (Å²) in [4.78, 5) is 37.3. The van der Waals surface area contributed by atoms with Crippen molar-refractivity contribution in [1.29, 1.82) is 0 Å². The normalized spacial score (nSPS) is 16.9. The Morgan fingerprint density at radius 1 is 1.19 bits per heavy atom. The van der Waals surface area contributed by atoms with Crippen LogP contribution in [-0.4, -0.2) is 35.5 Å². The van der Waals surface area contributed by atoms with Crippen molar-refractivity contribution >= 4 is 29.2 Å². The van der Waals surface area contributed by atoms with Gasteiger partial charge in [-0.25, -0.2) is 0 Å². The number of carbonyl (C=O) groups is 3. The molecule has 0 saturated heterocycles. The second-order valence-corrected chi connectivity index (χ2v) is 6.38. The highest BCUT2D eigenvalue weighted by atomic mass is 16.5. The number of nitrogens with one attached hydrogen (secondary N) is 1. The van der Waals surface area contributed by atoms with Gasteiger partial charge in [0.15, 0.2) is 6.10 Å². The number of para-hydroxylation sites is 2. The molecule has 2 atom stereocenters. The van der Waals surface area contributed by atoms with Crippen molar-refractivity contribution in [1.82, 2.24) is 0 Å². The average molecular weight is 368 g/mol. The molecule has 3 rings (SSSR count). The molecule has 2 aromatic rings. The summed E-state index contributed by atoms with van der Waals surface area (Å²) < 4.78 is 5.56. The van der Waals surface area contributed by atoms with Gasteiger partial charge >= 0.3 is 5.97 Å². The lowest BCUT2D eigenvalue weighted by Crippen LogP contribution is -2.47. The fourth-order valence-corrected chi connectivity index (χ4v) is 2.86. The van der Waals surface area contributed by atoms with Gasteiger partial charge < -0.3 is 15.2 Å². The maximum atomic E-state index is 12.4. The molecule has 2 unspecified atom stereocenters. The number of benzene rings is 2. The van der Waals surface area contributed by atoms with Crippen molar-refractivity contribution in [2.24, 2.45) is 0 Å². The highest BCUT2D eigenvalue weighted by Crippen LogP contribution is 2.33. The highest BCUT2D eigenvalue weighted by Gasteiger charge is 2.32. The Morgan fingerprint density at radius 2 is 1.85 bits per heavy atom. The van der Waals surface area contributed by atoms with Crippen LogP contribution in [0.1, 0.15) is 25.3 Å². The first kappa shape index (κ1) is 18.4. The molecule has 0 saturated carbocycles. The summed E-state index contributed by atoms with van der Waals surface area (Å²) in [7, 11) is 0. The molecule has 27 heavy (non-hydrogen) atoms. The van der Waals surface area contributed by atoms with Crippen molar-refractivity contribution in [3.63, 3.8) is 0 Å². The van der Waals surface area contributed by atoms with Gasteiger partial charge in [0.2, 0.25) is 5.91 Å². The van der Waals surface area contributed by atoms with E-state index in [9.17, 15) is 14.4 Å². The number of carbonyl (C=O) groups excluding carboxylic acids is 2. The van der Waals surface area contributed by atoms with Gasteiger partial charge in [0, 0.05) is 5.69 Å². The molecular weight excluding hydrogens is 348 g/mol. The fraction of sp³-hybridized carbons (Fsp3) is 0.250. The molecule has 0 bridgehead atoms. The average Bonchev–Trinajstić information content (AvgIpc) is 2.65. The third-order valence-electron chi connectivity index (χ3n) is 4.44. The maximum Gasteiger partial charge on any atom is 0.310 e. The van der Waals surface area contributed by atoms with E-state index in [0.717, 1.165) is 0 Å². The van der Waals surface area contributed by atoms with Gasteiger partial charge in [0.1, 0.15) is 12.3 Å². The summed E-state index contributed by atoms with van der Waals surface area (Å²) in [5, 5.41) is 11.8. The third-order valence-corrected chi connectivity index (χ3v) is 4.44. The number of carboxylic acid groups (broad SMARTS) is 1. The van der Waals surface area contributed by atoms with Gasteiger partial charge in [-0.05, 0) is 43.7 Å². The van der Waals surface area contributed by atoms with Gasteiger partial charge in [-0.3, -0.25) is 19.3 Å². The van der Waals surface area contributed by atoms with Crippen molar-refractivity contribution in [3.8, 4) is 5.75 Å². The first-order valence-electron chi connectivity index (χ1n) is 8.56. The minimum Gasteiger partial charge on any atom is -0.481 e. The number of hydrogen-bond donors (Lipinski definition) is 2. The highest BCUT2D eigenvalue weighted by molar-refractivity contribution is 6.06. The van der Waals surface area contributed by atoms with Crippen LogP contribution in [0.4, 0.5) is 11.4 Å². The number of carboxylic acids is 1. The van der Waals surface area contributed by atoms with Crippen LogP contribution in [0.5, 0.6) is 5.75 Å². The van der Waals surface area contributed by atoms with E-state index in [-0.39, 0.29) is 18.4 Å². The van der Waals surface area contributed by atoms with Crippen molar-refractivity contribution in [2.45, 2.75) is 25.9 Å². The largest absolute Gasteiger partial charge is 0.481 e. The van der Waals surface area contributed by atoms with Gasteiger partial charge in [0.05, 0.1) is 11.6 Å². The van der Waals surface area contributed by atoms with Gasteiger partial charge in [0.25, 0.3) is 5.91 Å². The summed E-state index contributed by atoms with van der Waals surface area (Å²) in [5.74, 6) is -1.62. The second kappa shape index (κ2) is 7.49. The smallest absolute Gasteiger partial charge is 0.310 e. The number of hydrogen-bond acceptors (Lipinski definition) is 4. The minimum atomic E-state index is -0.912. The van der Waals surface area contributed by atoms with E-state index in [0.29, 0.717) is 22.7 Å². The molecule has 2 amide bonds. The Balaban J connectivity index is 1.71. The van der Waals surface area contributed by atoms with E-state index in [1.54, 1.807) is 62.4 Å². The number of fused-ring (bicyclic) bond motifs is 1. The molecular formula is C20H20N2O5. The lowest BCUT2D eigenvalue weighted by Gasteiger charge is -2.32. The standard InChI is InChI=1S/C20H20N2O5/c1-12(20(25)26)14-7-9-15(10-8-14)21-18(23)11-22-16-5-3-4-6-17(16)27-13(2)19(22)24/h3-10,12-13H,11H2,1-2H3,(H,21,23)(H,25,26). The molecule has 0 aromatic heterocycles. The van der Waals surface area contributed by atoms with Gasteiger partial charge in [-0.2, -0.15) is 0 Å².